The molecule has 0 spiro atoms. The van der Waals surface area contributed by atoms with Gasteiger partial charge in [0.2, 0.25) is 0 Å². The number of nitrogens with zero attached hydrogens (tertiary/aromatic N) is 3. The van der Waals surface area contributed by atoms with Crippen molar-refractivity contribution in [3.8, 4) is 5.75 Å². The summed E-state index contributed by atoms with van der Waals surface area (Å²) in [6.07, 6.45) is 1.35. The number of hydrogen-bond donors (Lipinski definition) is 2. The van der Waals surface area contributed by atoms with Gasteiger partial charge >= 0.3 is 0 Å². The lowest BCUT2D eigenvalue weighted by Gasteiger charge is -2.10. The van der Waals surface area contributed by atoms with Crippen molar-refractivity contribution < 1.29 is 9.66 Å². The summed E-state index contributed by atoms with van der Waals surface area (Å²) < 4.78 is 5.20. The Bertz CT molecular complexity index is 620. The van der Waals surface area contributed by atoms with Crippen LogP contribution in [0.3, 0.4) is 0 Å². The maximum atomic E-state index is 10.6. The van der Waals surface area contributed by atoms with Gasteiger partial charge < -0.3 is 10.2 Å². The van der Waals surface area contributed by atoms with Crippen LogP contribution in [0.5, 0.6) is 5.75 Å². The Morgan fingerprint density at radius 2 is 2.05 bits per heavy atom. The average Bonchev–Trinajstić information content (AvgIpc) is 2.47. The molecule has 0 amide bonds. The van der Waals surface area contributed by atoms with Crippen molar-refractivity contribution in [2.75, 3.05) is 12.5 Å². The van der Waals surface area contributed by atoms with Crippen LogP contribution in [0.25, 0.3) is 0 Å². The molecule has 0 atom stereocenters. The number of hydrogen-bond acceptors (Lipinski definition) is 8. The summed E-state index contributed by atoms with van der Waals surface area (Å²) in [5.41, 5.74) is 2.45. The molecule has 1 aromatic heterocycles. The van der Waals surface area contributed by atoms with Gasteiger partial charge in [0.1, 0.15) is 11.4 Å². The minimum absolute atomic E-state index is 0.0355. The zero-order valence-electron chi connectivity index (χ0n) is 10.4. The molecule has 0 fully saturated rings. The molecule has 104 valence electrons. The third kappa shape index (κ3) is 2.95. The first-order valence-corrected chi connectivity index (χ1v) is 6.25. The maximum Gasteiger partial charge on any atom is 0.269 e. The first-order chi connectivity index (χ1) is 9.65. The molecule has 8 nitrogen and oxygen atoms in total. The van der Waals surface area contributed by atoms with Crippen molar-refractivity contribution in [1.82, 2.24) is 9.97 Å². The molecule has 0 bridgehead atoms. The van der Waals surface area contributed by atoms with Crippen LogP contribution in [-0.2, 0) is 0 Å². The molecular formula is C11H11N5O3S. The molecule has 9 heteroatoms. The monoisotopic (exact) mass is 293 g/mol. The number of rotatable bonds is 5. The number of methoxy groups -OCH3 is 1. The second kappa shape index (κ2) is 6.17. The van der Waals surface area contributed by atoms with Gasteiger partial charge in [-0.25, -0.2) is 15.8 Å². The Kier molecular flexibility index (Phi) is 4.33. The van der Waals surface area contributed by atoms with E-state index >= 15 is 0 Å². The Balaban J connectivity index is 2.27. The maximum absolute atomic E-state index is 10.6. The van der Waals surface area contributed by atoms with Gasteiger partial charge in [-0.05, 0) is 12.1 Å². The number of ether oxygens (including phenoxy) is 1. The number of aromatic nitrogens is 2. The van der Waals surface area contributed by atoms with E-state index in [0.29, 0.717) is 16.6 Å². The summed E-state index contributed by atoms with van der Waals surface area (Å²) in [5, 5.41) is 11.2. The number of nitrogen functional groups attached to an aromatic ring is 1. The van der Waals surface area contributed by atoms with E-state index in [0.717, 1.165) is 4.90 Å². The van der Waals surface area contributed by atoms with Crippen molar-refractivity contribution >= 4 is 23.3 Å². The summed E-state index contributed by atoms with van der Waals surface area (Å²) in [6, 6.07) is 6.13. The lowest BCUT2D eigenvalue weighted by atomic mass is 10.3. The van der Waals surface area contributed by atoms with Crippen molar-refractivity contribution in [2.24, 2.45) is 5.84 Å². The van der Waals surface area contributed by atoms with Crippen molar-refractivity contribution in [3.05, 3.63) is 40.7 Å². The van der Waals surface area contributed by atoms with E-state index in [-0.39, 0.29) is 5.69 Å². The Hall–Kier alpha value is -2.39. The highest BCUT2D eigenvalue weighted by Gasteiger charge is 2.13. The third-order valence-corrected chi connectivity index (χ3v) is 3.37. The van der Waals surface area contributed by atoms with E-state index in [1.807, 2.05) is 0 Å². The van der Waals surface area contributed by atoms with Crippen molar-refractivity contribution in [1.29, 1.82) is 0 Å². The minimum Gasteiger partial charge on any atom is -0.490 e. The Morgan fingerprint density at radius 3 is 2.60 bits per heavy atom. The van der Waals surface area contributed by atoms with Crippen LogP contribution in [0, 0.1) is 10.1 Å². The molecule has 2 aromatic rings. The number of benzene rings is 1. The highest BCUT2D eigenvalue weighted by Crippen LogP contribution is 2.36. The first kappa shape index (κ1) is 14.0. The second-order valence-electron chi connectivity index (χ2n) is 3.56. The Labute approximate surface area is 118 Å². The lowest BCUT2D eigenvalue weighted by Crippen LogP contribution is -2.10. The highest BCUT2D eigenvalue weighted by atomic mass is 32.2. The number of nitrogens with one attached hydrogen (secondary N) is 1. The summed E-state index contributed by atoms with van der Waals surface area (Å²) >= 11 is 1.29. The molecule has 0 aliphatic carbocycles. The van der Waals surface area contributed by atoms with Crippen LogP contribution in [0.1, 0.15) is 0 Å². The predicted molar refractivity (Wildman–Crippen MR) is 73.6 cm³/mol. The molecule has 2 rings (SSSR count). The van der Waals surface area contributed by atoms with Crippen LogP contribution in [0.2, 0.25) is 0 Å². The molecule has 0 saturated carbocycles. The lowest BCUT2D eigenvalue weighted by molar-refractivity contribution is -0.384. The zero-order chi connectivity index (χ0) is 14.5. The fourth-order valence-corrected chi connectivity index (χ4v) is 2.33. The van der Waals surface area contributed by atoms with E-state index in [1.165, 1.54) is 37.3 Å². The average molecular weight is 293 g/mol. The molecular weight excluding hydrogens is 282 g/mol. The quantitative estimate of drug-likeness (QED) is 0.371. The predicted octanol–water partition coefficient (Wildman–Crippen LogP) is 1.83. The molecule has 20 heavy (non-hydrogen) atoms. The smallest absolute Gasteiger partial charge is 0.269 e. The number of nitro benzene ring substituents is 1. The van der Waals surface area contributed by atoms with E-state index in [4.69, 9.17) is 10.6 Å². The van der Waals surface area contributed by atoms with Gasteiger partial charge in [-0.1, -0.05) is 11.8 Å². The van der Waals surface area contributed by atoms with Gasteiger partial charge in [0.25, 0.3) is 5.69 Å². The largest absolute Gasteiger partial charge is 0.490 e. The van der Waals surface area contributed by atoms with Crippen LogP contribution in [0.15, 0.2) is 40.5 Å². The van der Waals surface area contributed by atoms with E-state index < -0.39 is 4.92 Å². The molecule has 0 aliphatic rings. The molecule has 1 heterocycles. The number of non-ortho nitro benzene ring substituents is 1. The summed E-state index contributed by atoms with van der Waals surface area (Å²) in [5.74, 6) is 6.12. The van der Waals surface area contributed by atoms with Crippen molar-refractivity contribution in [3.63, 3.8) is 0 Å². The SMILES string of the molecule is COc1c(NN)ncnc1Sc1ccc([N+](=O)[O-])cc1. The van der Waals surface area contributed by atoms with Crippen LogP contribution < -0.4 is 16.0 Å². The van der Waals surface area contributed by atoms with Crippen LogP contribution >= 0.6 is 11.8 Å². The van der Waals surface area contributed by atoms with E-state index in [2.05, 4.69) is 15.4 Å². The molecule has 3 N–H and O–H groups in total. The van der Waals surface area contributed by atoms with Crippen LogP contribution in [-0.4, -0.2) is 22.0 Å². The fourth-order valence-electron chi connectivity index (χ4n) is 1.46. The number of nitrogens with two attached hydrogens (primary N) is 1. The standard InChI is InChI=1S/C11H11N5O3S/c1-19-9-10(15-12)13-6-14-11(9)20-8-4-2-7(3-5-8)16(17)18/h2-6H,12H2,1H3,(H,13,14,15). The topological polar surface area (TPSA) is 116 Å². The number of nitro groups is 1. The minimum atomic E-state index is -0.448. The van der Waals surface area contributed by atoms with Gasteiger partial charge in [0.05, 0.1) is 12.0 Å². The first-order valence-electron chi connectivity index (χ1n) is 5.43. The Morgan fingerprint density at radius 1 is 1.35 bits per heavy atom. The van der Waals surface area contributed by atoms with Gasteiger partial charge in [-0.2, -0.15) is 0 Å². The number of anilines is 1. The fraction of sp³-hybridized carbons (Fsp3) is 0.0909. The van der Waals surface area contributed by atoms with Gasteiger partial charge in [-0.15, -0.1) is 0 Å². The van der Waals surface area contributed by atoms with E-state index in [9.17, 15) is 10.1 Å². The second-order valence-corrected chi connectivity index (χ2v) is 4.62. The molecule has 0 aliphatic heterocycles. The normalized spacial score (nSPS) is 10.1. The summed E-state index contributed by atoms with van der Waals surface area (Å²) in [6.45, 7) is 0. The summed E-state index contributed by atoms with van der Waals surface area (Å²) in [4.78, 5) is 19.0. The molecule has 1 aromatic carbocycles. The van der Waals surface area contributed by atoms with Gasteiger partial charge in [0, 0.05) is 17.0 Å². The number of hydrazine groups is 1. The van der Waals surface area contributed by atoms with Crippen LogP contribution in [0.4, 0.5) is 11.5 Å². The third-order valence-electron chi connectivity index (χ3n) is 2.37. The molecule has 0 unspecified atom stereocenters. The molecule has 0 saturated heterocycles. The van der Waals surface area contributed by atoms with Gasteiger partial charge in [-0.3, -0.25) is 10.1 Å². The highest BCUT2D eigenvalue weighted by molar-refractivity contribution is 7.99. The zero-order valence-corrected chi connectivity index (χ0v) is 11.3. The summed E-state index contributed by atoms with van der Waals surface area (Å²) in [7, 11) is 1.49. The van der Waals surface area contributed by atoms with Crippen molar-refractivity contribution in [2.45, 2.75) is 9.92 Å². The molecule has 0 radical (unpaired) electrons. The van der Waals surface area contributed by atoms with E-state index in [1.54, 1.807) is 12.1 Å². The van der Waals surface area contributed by atoms with Gasteiger partial charge in [0.15, 0.2) is 11.6 Å².